The number of rotatable bonds is 3. The van der Waals surface area contributed by atoms with Crippen LogP contribution in [0, 0.1) is 0 Å². The molecule has 0 aromatic carbocycles. The third-order valence-electron chi connectivity index (χ3n) is 2.48. The zero-order valence-corrected chi connectivity index (χ0v) is 9.75. The number of hydrogen-bond acceptors (Lipinski definition) is 3. The van der Waals surface area contributed by atoms with Gasteiger partial charge in [0, 0.05) is 19.1 Å². The second-order valence-electron chi connectivity index (χ2n) is 5.16. The van der Waals surface area contributed by atoms with Crippen LogP contribution in [0.5, 0.6) is 0 Å². The minimum atomic E-state index is -0.0160. The van der Waals surface area contributed by atoms with Crippen molar-refractivity contribution < 1.29 is 4.74 Å². The molecule has 0 aromatic rings. The van der Waals surface area contributed by atoms with Gasteiger partial charge in [-0.2, -0.15) is 0 Å². The van der Waals surface area contributed by atoms with Crippen molar-refractivity contribution in [3.05, 3.63) is 0 Å². The first-order valence-electron chi connectivity index (χ1n) is 5.59. The molecule has 0 radical (unpaired) electrons. The summed E-state index contributed by atoms with van der Waals surface area (Å²) < 4.78 is 5.68. The highest BCUT2D eigenvalue weighted by Crippen LogP contribution is 2.09. The summed E-state index contributed by atoms with van der Waals surface area (Å²) in [6, 6.07) is 0.374. The van der Waals surface area contributed by atoms with Crippen molar-refractivity contribution >= 4 is 0 Å². The molecule has 1 fully saturated rings. The third kappa shape index (κ3) is 4.94. The molecule has 1 saturated heterocycles. The lowest BCUT2D eigenvalue weighted by molar-refractivity contribution is -0.0153. The molecule has 1 rings (SSSR count). The number of nitrogens with two attached hydrogens (primary N) is 1. The standard InChI is InChI=1S/C11H24N2O/c1-11(2,3)14-8-7-13-6-4-5-10(12)9-13/h10H,4-9,12H2,1-3H3. The first-order chi connectivity index (χ1) is 6.47. The Labute approximate surface area is 87.6 Å². The quantitative estimate of drug-likeness (QED) is 0.744. The lowest BCUT2D eigenvalue weighted by Crippen LogP contribution is -2.44. The zero-order chi connectivity index (χ0) is 10.6. The summed E-state index contributed by atoms with van der Waals surface area (Å²) in [5.41, 5.74) is 5.88. The number of likely N-dealkylation sites (tertiary alicyclic amines) is 1. The van der Waals surface area contributed by atoms with Crippen LogP contribution in [0.15, 0.2) is 0 Å². The normalized spacial score (nSPS) is 25.3. The van der Waals surface area contributed by atoms with E-state index in [0.717, 1.165) is 19.7 Å². The average molecular weight is 200 g/mol. The van der Waals surface area contributed by atoms with Gasteiger partial charge in [0.1, 0.15) is 0 Å². The van der Waals surface area contributed by atoms with Gasteiger partial charge < -0.3 is 10.5 Å². The first-order valence-corrected chi connectivity index (χ1v) is 5.59. The highest BCUT2D eigenvalue weighted by Gasteiger charge is 2.17. The smallest absolute Gasteiger partial charge is 0.0600 e. The van der Waals surface area contributed by atoms with Gasteiger partial charge in [0.05, 0.1) is 12.2 Å². The van der Waals surface area contributed by atoms with Gasteiger partial charge in [-0.1, -0.05) is 0 Å². The van der Waals surface area contributed by atoms with E-state index in [0.29, 0.717) is 6.04 Å². The van der Waals surface area contributed by atoms with Gasteiger partial charge in [-0.25, -0.2) is 0 Å². The summed E-state index contributed by atoms with van der Waals surface area (Å²) >= 11 is 0. The van der Waals surface area contributed by atoms with Crippen LogP contribution in [-0.2, 0) is 4.74 Å². The van der Waals surface area contributed by atoms with Gasteiger partial charge in [-0.15, -0.1) is 0 Å². The summed E-state index contributed by atoms with van der Waals surface area (Å²) in [5.74, 6) is 0. The molecule has 3 heteroatoms. The zero-order valence-electron chi connectivity index (χ0n) is 9.75. The Morgan fingerprint density at radius 1 is 1.43 bits per heavy atom. The first kappa shape index (κ1) is 12.0. The van der Waals surface area contributed by atoms with Crippen LogP contribution in [0.3, 0.4) is 0 Å². The van der Waals surface area contributed by atoms with Crippen LogP contribution in [-0.4, -0.2) is 42.8 Å². The Hall–Kier alpha value is -0.120. The van der Waals surface area contributed by atoms with Crippen molar-refractivity contribution in [1.82, 2.24) is 4.90 Å². The fraction of sp³-hybridized carbons (Fsp3) is 1.00. The van der Waals surface area contributed by atoms with Crippen LogP contribution in [0.4, 0.5) is 0 Å². The summed E-state index contributed by atoms with van der Waals surface area (Å²) in [6.45, 7) is 10.3. The Morgan fingerprint density at radius 2 is 2.14 bits per heavy atom. The molecule has 0 spiro atoms. The third-order valence-corrected chi connectivity index (χ3v) is 2.48. The van der Waals surface area contributed by atoms with Crippen molar-refractivity contribution in [3.63, 3.8) is 0 Å². The Balaban J connectivity index is 2.12. The van der Waals surface area contributed by atoms with Gasteiger partial charge in [0.15, 0.2) is 0 Å². The molecule has 1 unspecified atom stereocenters. The van der Waals surface area contributed by atoms with Gasteiger partial charge >= 0.3 is 0 Å². The van der Waals surface area contributed by atoms with E-state index >= 15 is 0 Å². The Morgan fingerprint density at radius 3 is 2.71 bits per heavy atom. The molecule has 0 saturated carbocycles. The van der Waals surface area contributed by atoms with E-state index < -0.39 is 0 Å². The molecule has 0 amide bonds. The second kappa shape index (κ2) is 5.10. The van der Waals surface area contributed by atoms with Crippen molar-refractivity contribution in [1.29, 1.82) is 0 Å². The monoisotopic (exact) mass is 200 g/mol. The number of hydrogen-bond donors (Lipinski definition) is 1. The highest BCUT2D eigenvalue weighted by molar-refractivity contribution is 4.74. The highest BCUT2D eigenvalue weighted by atomic mass is 16.5. The topological polar surface area (TPSA) is 38.5 Å². The molecule has 84 valence electrons. The minimum absolute atomic E-state index is 0.0160. The van der Waals surface area contributed by atoms with Gasteiger partial charge in [-0.3, -0.25) is 4.90 Å². The average Bonchev–Trinajstić information content (AvgIpc) is 2.01. The SMILES string of the molecule is CC(C)(C)OCCN1CCCC(N)C1. The lowest BCUT2D eigenvalue weighted by atomic mass is 10.1. The largest absolute Gasteiger partial charge is 0.375 e. The number of nitrogens with zero attached hydrogens (tertiary/aromatic N) is 1. The molecule has 1 atom stereocenters. The molecule has 2 N–H and O–H groups in total. The van der Waals surface area contributed by atoms with Crippen LogP contribution in [0.2, 0.25) is 0 Å². The summed E-state index contributed by atoms with van der Waals surface area (Å²) in [5, 5.41) is 0. The van der Waals surface area contributed by atoms with E-state index in [4.69, 9.17) is 10.5 Å². The Kier molecular flexibility index (Phi) is 4.35. The van der Waals surface area contributed by atoms with Crippen molar-refractivity contribution in [2.75, 3.05) is 26.2 Å². The molecule has 0 aliphatic carbocycles. The number of piperidine rings is 1. The molecule has 0 aromatic heterocycles. The maximum atomic E-state index is 5.90. The van der Waals surface area contributed by atoms with Gasteiger partial charge in [0.25, 0.3) is 0 Å². The predicted octanol–water partition coefficient (Wildman–Crippen LogP) is 1.22. The number of ether oxygens (including phenoxy) is 1. The maximum Gasteiger partial charge on any atom is 0.0600 e. The molecule has 14 heavy (non-hydrogen) atoms. The van der Waals surface area contributed by atoms with Crippen molar-refractivity contribution in [2.45, 2.75) is 45.3 Å². The fourth-order valence-electron chi connectivity index (χ4n) is 1.78. The van der Waals surface area contributed by atoms with Gasteiger partial charge in [0.2, 0.25) is 0 Å². The van der Waals surface area contributed by atoms with E-state index in [1.807, 2.05) is 0 Å². The van der Waals surface area contributed by atoms with Gasteiger partial charge in [-0.05, 0) is 40.2 Å². The summed E-state index contributed by atoms with van der Waals surface area (Å²) in [4.78, 5) is 2.40. The lowest BCUT2D eigenvalue weighted by Gasteiger charge is -2.31. The van der Waals surface area contributed by atoms with E-state index in [1.54, 1.807) is 0 Å². The fourth-order valence-corrected chi connectivity index (χ4v) is 1.78. The molecule has 1 heterocycles. The molecule has 1 aliphatic heterocycles. The summed E-state index contributed by atoms with van der Waals surface area (Å²) in [6.07, 6.45) is 2.41. The molecule has 3 nitrogen and oxygen atoms in total. The van der Waals surface area contributed by atoms with Crippen LogP contribution < -0.4 is 5.73 Å². The van der Waals surface area contributed by atoms with Crippen LogP contribution in [0.25, 0.3) is 0 Å². The molecular weight excluding hydrogens is 176 g/mol. The van der Waals surface area contributed by atoms with E-state index in [-0.39, 0.29) is 5.60 Å². The minimum Gasteiger partial charge on any atom is -0.375 e. The molecular formula is C11H24N2O. The Bertz CT molecular complexity index is 165. The maximum absolute atomic E-state index is 5.90. The van der Waals surface area contributed by atoms with E-state index in [1.165, 1.54) is 19.4 Å². The van der Waals surface area contributed by atoms with Crippen LogP contribution in [0.1, 0.15) is 33.6 Å². The van der Waals surface area contributed by atoms with Crippen molar-refractivity contribution in [3.8, 4) is 0 Å². The second-order valence-corrected chi connectivity index (χ2v) is 5.16. The van der Waals surface area contributed by atoms with Crippen molar-refractivity contribution in [2.24, 2.45) is 5.73 Å². The van der Waals surface area contributed by atoms with Crippen LogP contribution >= 0.6 is 0 Å². The molecule has 1 aliphatic rings. The molecule has 0 bridgehead atoms. The predicted molar refractivity (Wildman–Crippen MR) is 59.4 cm³/mol. The summed E-state index contributed by atoms with van der Waals surface area (Å²) in [7, 11) is 0. The van der Waals surface area contributed by atoms with E-state index in [9.17, 15) is 0 Å². The van der Waals surface area contributed by atoms with E-state index in [2.05, 4.69) is 25.7 Å².